The Balaban J connectivity index is 1.94. The topological polar surface area (TPSA) is 96.5 Å². The van der Waals surface area contributed by atoms with Crippen LogP contribution in [0.15, 0.2) is 25.0 Å². The molecule has 0 atom stereocenters. The minimum atomic E-state index is -0.244. The van der Waals surface area contributed by atoms with Crippen molar-refractivity contribution in [1.29, 1.82) is 0 Å². The van der Waals surface area contributed by atoms with E-state index in [1.807, 2.05) is 0 Å². The molecule has 2 aromatic rings. The van der Waals surface area contributed by atoms with Crippen molar-refractivity contribution >= 4 is 5.91 Å². The molecule has 7 nitrogen and oxygen atoms in total. The van der Waals surface area contributed by atoms with Crippen LogP contribution in [0.3, 0.4) is 0 Å². The predicted octanol–water partition coefficient (Wildman–Crippen LogP) is -0.475. The Hall–Kier alpha value is -2.31. The highest BCUT2D eigenvalue weighted by atomic mass is 16.1. The molecule has 0 bridgehead atoms. The normalized spacial score (nSPS) is 9.87. The Bertz CT molecular complexity index is 426. The lowest BCUT2D eigenvalue weighted by Gasteiger charge is -2.01. The molecule has 0 radical (unpaired) electrons. The van der Waals surface area contributed by atoms with Crippen molar-refractivity contribution in [1.82, 2.24) is 30.5 Å². The molecule has 1 amide bonds. The maximum Gasteiger partial charge on any atom is 0.254 e. The van der Waals surface area contributed by atoms with Gasteiger partial charge in [0.25, 0.3) is 5.91 Å². The zero-order chi connectivity index (χ0) is 10.5. The average molecular weight is 204 g/mol. The lowest BCUT2D eigenvalue weighted by atomic mass is 10.3. The van der Waals surface area contributed by atoms with Crippen molar-refractivity contribution in [2.75, 3.05) is 0 Å². The van der Waals surface area contributed by atoms with Crippen molar-refractivity contribution in [3.8, 4) is 0 Å². The number of H-pyrrole nitrogens is 1. The lowest BCUT2D eigenvalue weighted by Crippen LogP contribution is -2.23. The van der Waals surface area contributed by atoms with Crippen molar-refractivity contribution in [3.05, 3.63) is 36.4 Å². The second-order valence-electron chi connectivity index (χ2n) is 2.74. The zero-order valence-electron chi connectivity index (χ0n) is 7.71. The first-order chi connectivity index (χ1) is 7.36. The molecule has 0 spiro atoms. The molecule has 0 aromatic carbocycles. The second-order valence-corrected chi connectivity index (χ2v) is 2.74. The third-order valence-electron chi connectivity index (χ3n) is 1.70. The van der Waals surface area contributed by atoms with E-state index in [1.54, 1.807) is 0 Å². The quantitative estimate of drug-likeness (QED) is 0.704. The molecule has 0 unspecified atom stereocenters. The second kappa shape index (κ2) is 4.27. The third kappa shape index (κ3) is 2.33. The molecule has 0 saturated carbocycles. The van der Waals surface area contributed by atoms with Crippen LogP contribution in [0.5, 0.6) is 0 Å². The van der Waals surface area contributed by atoms with Gasteiger partial charge in [-0.15, -0.1) is 0 Å². The number of hydrogen-bond donors (Lipinski definition) is 2. The highest BCUT2D eigenvalue weighted by Gasteiger charge is 2.05. The largest absolute Gasteiger partial charge is 0.345 e. The third-order valence-corrected chi connectivity index (χ3v) is 1.70. The SMILES string of the molecule is O=C(NCc1ncn[nH]1)c1cncnc1. The number of carbonyl (C=O) groups excluding carboxylic acids is 1. The highest BCUT2D eigenvalue weighted by molar-refractivity contribution is 5.93. The van der Waals surface area contributed by atoms with Crippen LogP contribution in [0, 0.1) is 0 Å². The Labute approximate surface area is 85.0 Å². The van der Waals surface area contributed by atoms with Crippen LogP contribution in [0.2, 0.25) is 0 Å². The molecule has 76 valence electrons. The number of amides is 1. The maximum absolute atomic E-state index is 11.5. The van der Waals surface area contributed by atoms with Gasteiger partial charge in [-0.1, -0.05) is 0 Å². The van der Waals surface area contributed by atoms with Gasteiger partial charge in [0, 0.05) is 12.4 Å². The summed E-state index contributed by atoms with van der Waals surface area (Å²) < 4.78 is 0. The Kier molecular flexibility index (Phi) is 2.63. The average Bonchev–Trinajstić information content (AvgIpc) is 2.80. The summed E-state index contributed by atoms with van der Waals surface area (Å²) in [6.07, 6.45) is 5.64. The zero-order valence-corrected chi connectivity index (χ0v) is 7.71. The van der Waals surface area contributed by atoms with Crippen LogP contribution in [-0.4, -0.2) is 31.1 Å². The summed E-state index contributed by atoms with van der Waals surface area (Å²) in [5, 5.41) is 8.95. The van der Waals surface area contributed by atoms with Gasteiger partial charge in [0.15, 0.2) is 0 Å². The molecular weight excluding hydrogens is 196 g/mol. The summed E-state index contributed by atoms with van der Waals surface area (Å²) in [4.78, 5) is 22.8. The van der Waals surface area contributed by atoms with E-state index in [0.29, 0.717) is 17.9 Å². The first-order valence-electron chi connectivity index (χ1n) is 4.23. The summed E-state index contributed by atoms with van der Waals surface area (Å²) in [7, 11) is 0. The standard InChI is InChI=1S/C8H8N6O/c15-8(6-1-9-4-10-2-6)11-3-7-12-5-13-14-7/h1-2,4-5H,3H2,(H,11,15)(H,12,13,14). The number of rotatable bonds is 3. The summed E-state index contributed by atoms with van der Waals surface area (Å²) in [6.45, 7) is 0.299. The van der Waals surface area contributed by atoms with Gasteiger partial charge in [-0.25, -0.2) is 15.0 Å². The fourth-order valence-electron chi connectivity index (χ4n) is 0.998. The molecule has 2 rings (SSSR count). The molecule has 0 saturated heterocycles. The Morgan fingerprint density at radius 2 is 2.13 bits per heavy atom. The molecule has 7 heteroatoms. The van der Waals surface area contributed by atoms with E-state index in [0.717, 1.165) is 0 Å². The predicted molar refractivity (Wildman–Crippen MR) is 49.6 cm³/mol. The molecular formula is C8H8N6O. The van der Waals surface area contributed by atoms with Crippen LogP contribution in [-0.2, 0) is 6.54 Å². The van der Waals surface area contributed by atoms with Gasteiger partial charge in [0.2, 0.25) is 0 Å². The van der Waals surface area contributed by atoms with Gasteiger partial charge in [0.1, 0.15) is 18.5 Å². The lowest BCUT2D eigenvalue weighted by molar-refractivity contribution is 0.0949. The minimum absolute atomic E-state index is 0.244. The summed E-state index contributed by atoms with van der Waals surface area (Å²) in [5.41, 5.74) is 0.414. The fraction of sp³-hybridized carbons (Fsp3) is 0.125. The molecule has 0 fully saturated rings. The van der Waals surface area contributed by atoms with Gasteiger partial charge in [0.05, 0.1) is 12.1 Å². The molecule has 2 aromatic heterocycles. The monoisotopic (exact) mass is 204 g/mol. The molecule has 2 N–H and O–H groups in total. The van der Waals surface area contributed by atoms with Gasteiger partial charge < -0.3 is 5.32 Å². The van der Waals surface area contributed by atoms with Crippen molar-refractivity contribution in [3.63, 3.8) is 0 Å². The highest BCUT2D eigenvalue weighted by Crippen LogP contribution is 1.93. The van der Waals surface area contributed by atoms with Crippen molar-refractivity contribution < 1.29 is 4.79 Å². The molecule has 2 heterocycles. The summed E-state index contributed by atoms with van der Waals surface area (Å²) in [5.74, 6) is 0.354. The van der Waals surface area contributed by atoms with Crippen LogP contribution in [0.4, 0.5) is 0 Å². The fourth-order valence-corrected chi connectivity index (χ4v) is 0.998. The molecule has 0 aliphatic carbocycles. The minimum Gasteiger partial charge on any atom is -0.345 e. The Morgan fingerprint density at radius 1 is 1.33 bits per heavy atom. The first kappa shape index (κ1) is 9.25. The van der Waals surface area contributed by atoms with E-state index in [9.17, 15) is 4.79 Å². The smallest absolute Gasteiger partial charge is 0.254 e. The number of nitrogens with one attached hydrogen (secondary N) is 2. The van der Waals surface area contributed by atoms with Crippen molar-refractivity contribution in [2.24, 2.45) is 0 Å². The Morgan fingerprint density at radius 3 is 2.80 bits per heavy atom. The van der Waals surface area contributed by atoms with E-state index in [2.05, 4.69) is 30.5 Å². The number of aromatic nitrogens is 5. The number of nitrogens with zero attached hydrogens (tertiary/aromatic N) is 4. The van der Waals surface area contributed by atoms with Gasteiger partial charge in [-0.2, -0.15) is 5.10 Å². The maximum atomic E-state index is 11.5. The van der Waals surface area contributed by atoms with Crippen LogP contribution >= 0.6 is 0 Å². The van der Waals surface area contributed by atoms with Crippen LogP contribution in [0.25, 0.3) is 0 Å². The van der Waals surface area contributed by atoms with Gasteiger partial charge in [-0.05, 0) is 0 Å². The van der Waals surface area contributed by atoms with Gasteiger partial charge in [-0.3, -0.25) is 9.89 Å². The van der Waals surface area contributed by atoms with E-state index in [4.69, 9.17) is 0 Å². The number of aromatic amines is 1. The van der Waals surface area contributed by atoms with Gasteiger partial charge >= 0.3 is 0 Å². The van der Waals surface area contributed by atoms with E-state index in [1.165, 1.54) is 25.0 Å². The van der Waals surface area contributed by atoms with E-state index < -0.39 is 0 Å². The van der Waals surface area contributed by atoms with E-state index >= 15 is 0 Å². The number of carbonyl (C=O) groups is 1. The van der Waals surface area contributed by atoms with E-state index in [-0.39, 0.29) is 5.91 Å². The van der Waals surface area contributed by atoms with Crippen LogP contribution < -0.4 is 5.32 Å². The number of hydrogen-bond acceptors (Lipinski definition) is 5. The summed E-state index contributed by atoms with van der Waals surface area (Å²) in [6, 6.07) is 0. The van der Waals surface area contributed by atoms with Crippen LogP contribution in [0.1, 0.15) is 16.2 Å². The first-order valence-corrected chi connectivity index (χ1v) is 4.23. The summed E-state index contributed by atoms with van der Waals surface area (Å²) >= 11 is 0. The van der Waals surface area contributed by atoms with Crippen molar-refractivity contribution in [2.45, 2.75) is 6.54 Å². The molecule has 0 aliphatic rings. The molecule has 0 aliphatic heterocycles. The molecule has 15 heavy (non-hydrogen) atoms.